The van der Waals surface area contributed by atoms with Crippen molar-refractivity contribution < 1.29 is 4.74 Å². The minimum absolute atomic E-state index is 0.224. The lowest BCUT2D eigenvalue weighted by Crippen LogP contribution is -2.25. The number of hydrogen-bond acceptors (Lipinski definition) is 5. The van der Waals surface area contributed by atoms with Crippen LogP contribution in [0.1, 0.15) is 24.4 Å². The van der Waals surface area contributed by atoms with Crippen LogP contribution < -0.4 is 9.64 Å². The molecular formula is C20H19ClN4O. The van der Waals surface area contributed by atoms with Crippen molar-refractivity contribution in [2.75, 3.05) is 18.6 Å². The van der Waals surface area contributed by atoms with Crippen LogP contribution in [0.3, 0.4) is 0 Å². The summed E-state index contributed by atoms with van der Waals surface area (Å²) in [5.41, 5.74) is 2.91. The summed E-state index contributed by atoms with van der Waals surface area (Å²) in [6, 6.07) is 16.0. The highest BCUT2D eigenvalue weighted by atomic mass is 35.5. The summed E-state index contributed by atoms with van der Waals surface area (Å²) in [5.74, 6) is 1.51. The standard InChI is InChI=1S/C20H19ClN4O/c1-26-17-8-3-6-15(12-17)19-9-4-10-25(19)20-23-18(13-22-24-20)14-5-2-7-16(21)11-14/h2-3,5-8,11-13,19H,4,9-10H2,1H3. The molecule has 1 aliphatic heterocycles. The van der Waals surface area contributed by atoms with Gasteiger partial charge in [-0.15, -0.1) is 5.10 Å². The zero-order chi connectivity index (χ0) is 17.9. The SMILES string of the molecule is COc1cccc(C2CCCN2c2nncc(-c3cccc(Cl)c3)n2)c1. The molecule has 0 saturated carbocycles. The van der Waals surface area contributed by atoms with Gasteiger partial charge in [0.15, 0.2) is 0 Å². The molecule has 26 heavy (non-hydrogen) atoms. The van der Waals surface area contributed by atoms with Crippen LogP contribution in [0.2, 0.25) is 5.02 Å². The molecule has 0 N–H and O–H groups in total. The Bertz CT molecular complexity index is 918. The van der Waals surface area contributed by atoms with Crippen LogP contribution in [-0.4, -0.2) is 28.8 Å². The summed E-state index contributed by atoms with van der Waals surface area (Å²) in [5, 5.41) is 9.14. The lowest BCUT2D eigenvalue weighted by molar-refractivity contribution is 0.413. The highest BCUT2D eigenvalue weighted by Crippen LogP contribution is 2.36. The number of nitrogens with zero attached hydrogens (tertiary/aromatic N) is 4. The smallest absolute Gasteiger partial charge is 0.246 e. The van der Waals surface area contributed by atoms with Gasteiger partial charge < -0.3 is 9.64 Å². The van der Waals surface area contributed by atoms with Gasteiger partial charge in [-0.1, -0.05) is 35.9 Å². The Labute approximate surface area is 157 Å². The van der Waals surface area contributed by atoms with Gasteiger partial charge in [0, 0.05) is 17.1 Å². The highest BCUT2D eigenvalue weighted by molar-refractivity contribution is 6.30. The maximum absolute atomic E-state index is 6.11. The second-order valence-corrected chi connectivity index (χ2v) is 6.72. The number of methoxy groups -OCH3 is 1. The zero-order valence-corrected chi connectivity index (χ0v) is 15.2. The predicted octanol–water partition coefficient (Wildman–Crippen LogP) is 4.54. The van der Waals surface area contributed by atoms with Crippen molar-refractivity contribution in [3.63, 3.8) is 0 Å². The van der Waals surface area contributed by atoms with Gasteiger partial charge in [0.05, 0.1) is 25.0 Å². The van der Waals surface area contributed by atoms with E-state index in [1.807, 2.05) is 36.4 Å². The number of benzene rings is 2. The van der Waals surface area contributed by atoms with Gasteiger partial charge in [-0.2, -0.15) is 5.10 Å². The van der Waals surface area contributed by atoms with Gasteiger partial charge in [-0.25, -0.2) is 4.98 Å². The van der Waals surface area contributed by atoms with Crippen LogP contribution in [0.25, 0.3) is 11.3 Å². The summed E-state index contributed by atoms with van der Waals surface area (Å²) in [6.07, 6.45) is 3.82. The van der Waals surface area contributed by atoms with E-state index in [2.05, 4.69) is 27.2 Å². The van der Waals surface area contributed by atoms with Crippen molar-refractivity contribution in [3.8, 4) is 17.0 Å². The molecular weight excluding hydrogens is 348 g/mol. The third-order valence-corrected chi connectivity index (χ3v) is 4.89. The van der Waals surface area contributed by atoms with Crippen LogP contribution in [0.5, 0.6) is 5.75 Å². The van der Waals surface area contributed by atoms with Gasteiger partial charge in [-0.3, -0.25) is 0 Å². The zero-order valence-electron chi connectivity index (χ0n) is 14.5. The Kier molecular flexibility index (Phi) is 4.71. The molecule has 0 spiro atoms. The van der Waals surface area contributed by atoms with E-state index in [-0.39, 0.29) is 6.04 Å². The molecule has 0 bridgehead atoms. The molecule has 0 amide bonds. The van der Waals surface area contributed by atoms with Crippen molar-refractivity contribution in [2.45, 2.75) is 18.9 Å². The lowest BCUT2D eigenvalue weighted by atomic mass is 10.0. The van der Waals surface area contributed by atoms with E-state index in [9.17, 15) is 0 Å². The molecule has 4 rings (SSSR count). The van der Waals surface area contributed by atoms with Crippen molar-refractivity contribution in [3.05, 3.63) is 65.3 Å². The van der Waals surface area contributed by atoms with Gasteiger partial charge in [-0.05, 0) is 42.7 Å². The Morgan fingerprint density at radius 3 is 2.88 bits per heavy atom. The lowest BCUT2D eigenvalue weighted by Gasteiger charge is -2.25. The molecule has 2 aromatic carbocycles. The summed E-state index contributed by atoms with van der Waals surface area (Å²) < 4.78 is 5.37. The molecule has 2 heterocycles. The minimum Gasteiger partial charge on any atom is -0.497 e. The summed E-state index contributed by atoms with van der Waals surface area (Å²) in [6.45, 7) is 0.905. The first-order valence-corrected chi connectivity index (χ1v) is 8.98. The van der Waals surface area contributed by atoms with E-state index >= 15 is 0 Å². The number of hydrogen-bond donors (Lipinski definition) is 0. The normalized spacial score (nSPS) is 16.7. The fourth-order valence-corrected chi connectivity index (χ4v) is 3.59. The summed E-state index contributed by atoms with van der Waals surface area (Å²) in [4.78, 5) is 6.96. The van der Waals surface area contributed by atoms with E-state index in [0.29, 0.717) is 11.0 Å². The van der Waals surface area contributed by atoms with E-state index < -0.39 is 0 Å². The Balaban J connectivity index is 1.67. The van der Waals surface area contributed by atoms with Gasteiger partial charge in [0.25, 0.3) is 0 Å². The van der Waals surface area contributed by atoms with Crippen molar-refractivity contribution in [1.82, 2.24) is 15.2 Å². The van der Waals surface area contributed by atoms with E-state index in [4.69, 9.17) is 21.3 Å². The molecule has 1 aliphatic rings. The quantitative estimate of drug-likeness (QED) is 0.678. The summed E-state index contributed by atoms with van der Waals surface area (Å²) >= 11 is 6.11. The average molecular weight is 367 g/mol. The van der Waals surface area contributed by atoms with Gasteiger partial charge in [0.2, 0.25) is 5.95 Å². The molecule has 0 radical (unpaired) electrons. The molecule has 1 aromatic heterocycles. The fraction of sp³-hybridized carbons (Fsp3) is 0.250. The van der Waals surface area contributed by atoms with Crippen LogP contribution in [0, 0.1) is 0 Å². The molecule has 1 atom stereocenters. The largest absolute Gasteiger partial charge is 0.497 e. The molecule has 1 fully saturated rings. The number of anilines is 1. The minimum atomic E-state index is 0.224. The second-order valence-electron chi connectivity index (χ2n) is 6.28. The van der Waals surface area contributed by atoms with Crippen LogP contribution in [0.15, 0.2) is 54.7 Å². The topological polar surface area (TPSA) is 51.1 Å². The van der Waals surface area contributed by atoms with Crippen molar-refractivity contribution in [2.24, 2.45) is 0 Å². The molecule has 5 nitrogen and oxygen atoms in total. The highest BCUT2D eigenvalue weighted by Gasteiger charge is 2.28. The second kappa shape index (κ2) is 7.30. The van der Waals surface area contributed by atoms with Gasteiger partial charge >= 0.3 is 0 Å². The van der Waals surface area contributed by atoms with E-state index in [0.717, 1.165) is 36.4 Å². The average Bonchev–Trinajstić information content (AvgIpc) is 3.18. The Morgan fingerprint density at radius 2 is 2.04 bits per heavy atom. The van der Waals surface area contributed by atoms with Crippen LogP contribution in [0.4, 0.5) is 5.95 Å². The molecule has 3 aromatic rings. The van der Waals surface area contributed by atoms with Crippen molar-refractivity contribution in [1.29, 1.82) is 0 Å². The first kappa shape index (κ1) is 16.8. The van der Waals surface area contributed by atoms with Crippen LogP contribution >= 0.6 is 11.6 Å². The van der Waals surface area contributed by atoms with Gasteiger partial charge in [0.1, 0.15) is 5.75 Å². The number of halogens is 1. The maximum atomic E-state index is 6.11. The first-order chi connectivity index (χ1) is 12.7. The Morgan fingerprint density at radius 1 is 1.15 bits per heavy atom. The van der Waals surface area contributed by atoms with Crippen LogP contribution in [-0.2, 0) is 0 Å². The molecule has 0 aliphatic carbocycles. The predicted molar refractivity (Wildman–Crippen MR) is 103 cm³/mol. The van der Waals surface area contributed by atoms with Crippen molar-refractivity contribution >= 4 is 17.5 Å². The monoisotopic (exact) mass is 366 g/mol. The number of ether oxygens (including phenoxy) is 1. The molecule has 6 heteroatoms. The molecule has 132 valence electrons. The number of aromatic nitrogens is 3. The first-order valence-electron chi connectivity index (χ1n) is 8.61. The third kappa shape index (κ3) is 3.35. The number of rotatable bonds is 4. The maximum Gasteiger partial charge on any atom is 0.246 e. The molecule has 1 saturated heterocycles. The molecule has 1 unspecified atom stereocenters. The Hall–Kier alpha value is -2.66. The van der Waals surface area contributed by atoms with E-state index in [1.165, 1.54) is 5.56 Å². The van der Waals surface area contributed by atoms with E-state index in [1.54, 1.807) is 13.3 Å². The third-order valence-electron chi connectivity index (χ3n) is 4.66. The summed E-state index contributed by atoms with van der Waals surface area (Å²) in [7, 11) is 1.69. The fourth-order valence-electron chi connectivity index (χ4n) is 3.40.